The van der Waals surface area contributed by atoms with Crippen molar-refractivity contribution >= 4 is 0 Å². The molecule has 0 aliphatic carbocycles. The van der Waals surface area contributed by atoms with E-state index in [0.717, 1.165) is 29.0 Å². The fourth-order valence-electron chi connectivity index (χ4n) is 2.29. The maximum atomic E-state index is 5.87. The zero-order valence-corrected chi connectivity index (χ0v) is 12.9. The van der Waals surface area contributed by atoms with E-state index >= 15 is 0 Å². The third kappa shape index (κ3) is 4.50. The molecule has 112 valence electrons. The second kappa shape index (κ2) is 7.14. The molecule has 1 unspecified atom stereocenters. The summed E-state index contributed by atoms with van der Waals surface area (Å²) in [7, 11) is 1.66. The Labute approximate surface area is 126 Å². The molecule has 0 radical (unpaired) electrons. The molecule has 2 N–H and O–H groups in total. The monoisotopic (exact) mass is 285 g/mol. The van der Waals surface area contributed by atoms with E-state index in [4.69, 9.17) is 15.2 Å². The van der Waals surface area contributed by atoms with Crippen LogP contribution in [0.2, 0.25) is 0 Å². The molecule has 0 amide bonds. The van der Waals surface area contributed by atoms with Crippen molar-refractivity contribution in [1.82, 2.24) is 0 Å². The van der Waals surface area contributed by atoms with Crippen LogP contribution in [-0.2, 0) is 13.0 Å². The van der Waals surface area contributed by atoms with E-state index in [2.05, 4.69) is 25.1 Å². The minimum absolute atomic E-state index is 0.133. The summed E-state index contributed by atoms with van der Waals surface area (Å²) in [5.41, 5.74) is 9.37. The van der Waals surface area contributed by atoms with Crippen LogP contribution < -0.4 is 15.2 Å². The van der Waals surface area contributed by atoms with E-state index in [1.165, 1.54) is 5.56 Å². The van der Waals surface area contributed by atoms with Crippen LogP contribution in [-0.4, -0.2) is 13.2 Å². The first-order valence-electron chi connectivity index (χ1n) is 7.19. The van der Waals surface area contributed by atoms with Gasteiger partial charge in [-0.25, -0.2) is 0 Å². The second-order valence-electron chi connectivity index (χ2n) is 5.44. The average Bonchev–Trinajstić information content (AvgIpc) is 2.45. The summed E-state index contributed by atoms with van der Waals surface area (Å²) in [5, 5.41) is 0. The standard InChI is InChI=1S/C18H23NO2/c1-13-5-4-6-16(9-13)12-21-17-8-7-15(10-14(2)19)11-18(17)20-3/h4-9,11,14H,10,12,19H2,1-3H3. The minimum Gasteiger partial charge on any atom is -0.493 e. The number of benzene rings is 2. The van der Waals surface area contributed by atoms with Gasteiger partial charge in [-0.15, -0.1) is 0 Å². The van der Waals surface area contributed by atoms with E-state index in [9.17, 15) is 0 Å². The molecule has 0 heterocycles. The molecule has 0 aromatic heterocycles. The Balaban J connectivity index is 2.09. The lowest BCUT2D eigenvalue weighted by atomic mass is 10.1. The van der Waals surface area contributed by atoms with Gasteiger partial charge in [0.2, 0.25) is 0 Å². The van der Waals surface area contributed by atoms with Gasteiger partial charge in [-0.1, -0.05) is 35.9 Å². The molecule has 2 rings (SSSR count). The van der Waals surface area contributed by atoms with Gasteiger partial charge >= 0.3 is 0 Å². The number of hydrogen-bond donors (Lipinski definition) is 1. The molecule has 3 nitrogen and oxygen atoms in total. The lowest BCUT2D eigenvalue weighted by molar-refractivity contribution is 0.284. The summed E-state index contributed by atoms with van der Waals surface area (Å²) in [4.78, 5) is 0. The Bertz CT molecular complexity index is 594. The second-order valence-corrected chi connectivity index (χ2v) is 5.44. The molecule has 1 atom stereocenters. The van der Waals surface area contributed by atoms with Gasteiger partial charge in [-0.2, -0.15) is 0 Å². The van der Waals surface area contributed by atoms with Gasteiger partial charge in [-0.3, -0.25) is 0 Å². The van der Waals surface area contributed by atoms with Crippen LogP contribution in [0.4, 0.5) is 0 Å². The fourth-order valence-corrected chi connectivity index (χ4v) is 2.29. The predicted octanol–water partition coefficient (Wildman–Crippen LogP) is 3.47. The third-order valence-corrected chi connectivity index (χ3v) is 3.26. The van der Waals surface area contributed by atoms with E-state index in [0.29, 0.717) is 6.61 Å². The van der Waals surface area contributed by atoms with Crippen molar-refractivity contribution in [2.75, 3.05) is 7.11 Å². The van der Waals surface area contributed by atoms with E-state index in [1.54, 1.807) is 7.11 Å². The van der Waals surface area contributed by atoms with Crippen LogP contribution in [0.15, 0.2) is 42.5 Å². The SMILES string of the molecule is COc1cc(CC(C)N)ccc1OCc1cccc(C)c1. The summed E-state index contributed by atoms with van der Waals surface area (Å²) >= 11 is 0. The first kappa shape index (κ1) is 15.4. The number of rotatable bonds is 6. The lowest BCUT2D eigenvalue weighted by Gasteiger charge is -2.13. The highest BCUT2D eigenvalue weighted by atomic mass is 16.5. The van der Waals surface area contributed by atoms with Crippen molar-refractivity contribution in [1.29, 1.82) is 0 Å². The highest BCUT2D eigenvalue weighted by molar-refractivity contribution is 5.43. The molecule has 0 bridgehead atoms. The molecule has 3 heteroatoms. The minimum atomic E-state index is 0.133. The molecular formula is C18H23NO2. The molecule has 21 heavy (non-hydrogen) atoms. The van der Waals surface area contributed by atoms with Crippen LogP contribution in [0, 0.1) is 6.92 Å². The number of methoxy groups -OCH3 is 1. The Kier molecular flexibility index (Phi) is 5.23. The zero-order chi connectivity index (χ0) is 15.2. The maximum absolute atomic E-state index is 5.87. The summed E-state index contributed by atoms with van der Waals surface area (Å²) < 4.78 is 11.3. The van der Waals surface area contributed by atoms with Gasteiger partial charge in [0.05, 0.1) is 7.11 Å². The largest absolute Gasteiger partial charge is 0.493 e. The predicted molar refractivity (Wildman–Crippen MR) is 85.9 cm³/mol. The van der Waals surface area contributed by atoms with Crippen molar-refractivity contribution in [3.8, 4) is 11.5 Å². The van der Waals surface area contributed by atoms with Crippen LogP contribution in [0.25, 0.3) is 0 Å². The Hall–Kier alpha value is -2.00. The van der Waals surface area contributed by atoms with E-state index < -0.39 is 0 Å². The number of aryl methyl sites for hydroxylation is 1. The van der Waals surface area contributed by atoms with Crippen LogP contribution in [0.5, 0.6) is 11.5 Å². The molecule has 0 saturated carbocycles. The summed E-state index contributed by atoms with van der Waals surface area (Å²) in [6.45, 7) is 4.60. The van der Waals surface area contributed by atoms with Crippen molar-refractivity contribution in [2.24, 2.45) is 5.73 Å². The average molecular weight is 285 g/mol. The maximum Gasteiger partial charge on any atom is 0.161 e. The quantitative estimate of drug-likeness (QED) is 0.884. The number of ether oxygens (including phenoxy) is 2. The van der Waals surface area contributed by atoms with Gasteiger partial charge in [-0.05, 0) is 43.5 Å². The Morgan fingerprint density at radius 1 is 1.05 bits per heavy atom. The molecule has 0 spiro atoms. The molecular weight excluding hydrogens is 262 g/mol. The van der Waals surface area contributed by atoms with Gasteiger partial charge in [0.15, 0.2) is 11.5 Å². The third-order valence-electron chi connectivity index (χ3n) is 3.26. The van der Waals surface area contributed by atoms with Crippen molar-refractivity contribution in [3.63, 3.8) is 0 Å². The first-order chi connectivity index (χ1) is 10.1. The number of nitrogens with two attached hydrogens (primary N) is 1. The zero-order valence-electron chi connectivity index (χ0n) is 12.9. The molecule has 0 aliphatic heterocycles. The Morgan fingerprint density at radius 2 is 1.86 bits per heavy atom. The number of hydrogen-bond acceptors (Lipinski definition) is 3. The van der Waals surface area contributed by atoms with Crippen molar-refractivity contribution in [2.45, 2.75) is 32.9 Å². The molecule has 2 aromatic carbocycles. The topological polar surface area (TPSA) is 44.5 Å². The van der Waals surface area contributed by atoms with Crippen LogP contribution in [0.1, 0.15) is 23.6 Å². The van der Waals surface area contributed by atoms with Gasteiger partial charge < -0.3 is 15.2 Å². The fraction of sp³-hybridized carbons (Fsp3) is 0.333. The van der Waals surface area contributed by atoms with Crippen molar-refractivity contribution in [3.05, 3.63) is 59.2 Å². The highest BCUT2D eigenvalue weighted by Crippen LogP contribution is 2.29. The van der Waals surface area contributed by atoms with E-state index in [-0.39, 0.29) is 6.04 Å². The van der Waals surface area contributed by atoms with E-state index in [1.807, 2.05) is 31.2 Å². The summed E-state index contributed by atoms with van der Waals surface area (Å²) in [6, 6.07) is 14.4. The first-order valence-corrected chi connectivity index (χ1v) is 7.19. The highest BCUT2D eigenvalue weighted by Gasteiger charge is 2.07. The lowest BCUT2D eigenvalue weighted by Crippen LogP contribution is -2.17. The normalized spacial score (nSPS) is 12.0. The summed E-state index contributed by atoms with van der Waals surface area (Å²) in [5.74, 6) is 1.51. The van der Waals surface area contributed by atoms with Crippen molar-refractivity contribution < 1.29 is 9.47 Å². The summed E-state index contributed by atoms with van der Waals surface area (Å²) in [6.07, 6.45) is 0.828. The molecule has 0 aliphatic rings. The molecule has 2 aromatic rings. The van der Waals surface area contributed by atoms with Crippen LogP contribution >= 0.6 is 0 Å². The van der Waals surface area contributed by atoms with Gasteiger partial charge in [0, 0.05) is 6.04 Å². The Morgan fingerprint density at radius 3 is 2.52 bits per heavy atom. The van der Waals surface area contributed by atoms with Crippen LogP contribution in [0.3, 0.4) is 0 Å². The molecule has 0 saturated heterocycles. The molecule has 0 fully saturated rings. The van der Waals surface area contributed by atoms with Gasteiger partial charge in [0.25, 0.3) is 0 Å². The smallest absolute Gasteiger partial charge is 0.161 e. The van der Waals surface area contributed by atoms with Gasteiger partial charge in [0.1, 0.15) is 6.61 Å².